The van der Waals surface area contributed by atoms with E-state index in [9.17, 15) is 10.5 Å². The molecule has 0 unspecified atom stereocenters. The molecule has 0 heterocycles. The standard InChI is InChI=1S/C64H47N3/c1-63(2,3)42-25-29-44(30-26-42)67(45-31-27-43(28-32-45)64(4,5)6)55-34-33-52-59-49(55)14-10-16-51(59)61-56(40-21-17-38(36-65)18-22-40)54-35-53-47-12-8-7-11-46(47)48-13-9-15-50(58(48)53)60(54)57(62(52)61)41-23-19-39(37-66)20-24-41/h7-35H,1-6H3. The summed E-state index contributed by atoms with van der Waals surface area (Å²) in [5.74, 6) is 0. The van der Waals surface area contributed by atoms with Gasteiger partial charge in [0.05, 0.1) is 29.0 Å². The van der Waals surface area contributed by atoms with Gasteiger partial charge >= 0.3 is 0 Å². The molecule has 0 saturated carbocycles. The van der Waals surface area contributed by atoms with Crippen LogP contribution in [0.3, 0.4) is 0 Å². The van der Waals surface area contributed by atoms with Crippen LogP contribution >= 0.6 is 0 Å². The minimum Gasteiger partial charge on any atom is -0.310 e. The summed E-state index contributed by atoms with van der Waals surface area (Å²) >= 11 is 0. The Bertz CT molecular complexity index is 3960. The summed E-state index contributed by atoms with van der Waals surface area (Å²) in [6.07, 6.45) is 0. The second kappa shape index (κ2) is 14.6. The molecule has 0 radical (unpaired) electrons. The third-order valence-electron chi connectivity index (χ3n) is 14.3. The zero-order valence-electron chi connectivity index (χ0n) is 38.6. The van der Waals surface area contributed by atoms with E-state index >= 15 is 0 Å². The van der Waals surface area contributed by atoms with Gasteiger partial charge in [-0.2, -0.15) is 10.5 Å². The molecular weight excluding hydrogens is 811 g/mol. The molecule has 0 saturated heterocycles. The normalized spacial score (nSPS) is 12.3. The molecule has 12 aromatic carbocycles. The number of anilines is 3. The molecule has 3 nitrogen and oxygen atoms in total. The fourth-order valence-electron chi connectivity index (χ4n) is 11.1. The molecule has 0 fully saturated rings. The Morgan fingerprint density at radius 1 is 0.343 bits per heavy atom. The molecular formula is C64H47N3. The third-order valence-corrected chi connectivity index (χ3v) is 14.3. The molecule has 0 atom stereocenters. The van der Waals surface area contributed by atoms with Crippen molar-refractivity contribution in [2.45, 2.75) is 52.4 Å². The largest absolute Gasteiger partial charge is 0.310 e. The van der Waals surface area contributed by atoms with E-state index in [0.29, 0.717) is 11.1 Å². The summed E-state index contributed by atoms with van der Waals surface area (Å²) in [5.41, 5.74) is 11.6. The van der Waals surface area contributed by atoms with Gasteiger partial charge < -0.3 is 4.90 Å². The molecule has 0 aliphatic rings. The summed E-state index contributed by atoms with van der Waals surface area (Å²) in [4.78, 5) is 2.43. The van der Waals surface area contributed by atoms with Gasteiger partial charge in [-0.25, -0.2) is 0 Å². The number of hydrogen-bond donors (Lipinski definition) is 0. The van der Waals surface area contributed by atoms with Crippen LogP contribution in [-0.4, -0.2) is 0 Å². The van der Waals surface area contributed by atoms with Crippen molar-refractivity contribution < 1.29 is 0 Å². The van der Waals surface area contributed by atoms with Crippen LogP contribution in [0.4, 0.5) is 17.1 Å². The van der Waals surface area contributed by atoms with Crippen LogP contribution < -0.4 is 4.90 Å². The summed E-state index contributed by atoms with van der Waals surface area (Å²) < 4.78 is 0. The predicted molar refractivity (Wildman–Crippen MR) is 284 cm³/mol. The maximum absolute atomic E-state index is 10.0. The average molecular weight is 858 g/mol. The Morgan fingerprint density at radius 2 is 0.776 bits per heavy atom. The molecule has 12 rings (SSSR count). The first-order valence-electron chi connectivity index (χ1n) is 23.2. The predicted octanol–water partition coefficient (Wildman–Crippen LogP) is 17.8. The topological polar surface area (TPSA) is 50.8 Å². The number of fused-ring (bicyclic) bond motifs is 8. The minimum atomic E-state index is 0.0178. The molecule has 12 aromatic rings. The maximum atomic E-state index is 10.0. The van der Waals surface area contributed by atoms with Crippen molar-refractivity contribution in [1.82, 2.24) is 0 Å². The van der Waals surface area contributed by atoms with E-state index in [0.717, 1.165) is 50.1 Å². The monoisotopic (exact) mass is 857 g/mol. The van der Waals surface area contributed by atoms with Gasteiger partial charge in [0.25, 0.3) is 0 Å². The molecule has 0 aliphatic heterocycles. The molecule has 0 aliphatic carbocycles. The first kappa shape index (κ1) is 40.3. The lowest BCUT2D eigenvalue weighted by Gasteiger charge is -2.29. The van der Waals surface area contributed by atoms with E-state index in [4.69, 9.17) is 0 Å². The van der Waals surface area contributed by atoms with Crippen LogP contribution in [0.5, 0.6) is 0 Å². The van der Waals surface area contributed by atoms with Gasteiger partial charge in [-0.05, 0) is 175 Å². The summed E-state index contributed by atoms with van der Waals surface area (Å²) in [5, 5.41) is 36.8. The van der Waals surface area contributed by atoms with Gasteiger partial charge in [0.2, 0.25) is 0 Å². The Hall–Kier alpha value is -8.24. The van der Waals surface area contributed by atoms with E-state index in [-0.39, 0.29) is 10.8 Å². The van der Waals surface area contributed by atoms with Crippen LogP contribution in [0, 0.1) is 22.7 Å². The van der Waals surface area contributed by atoms with Gasteiger partial charge in [-0.15, -0.1) is 0 Å². The highest BCUT2D eigenvalue weighted by molar-refractivity contribution is 6.45. The summed E-state index contributed by atoms with van der Waals surface area (Å²) in [6.45, 7) is 13.6. The van der Waals surface area contributed by atoms with Crippen LogP contribution in [0.15, 0.2) is 176 Å². The number of nitriles is 2. The molecule has 0 amide bonds. The third kappa shape index (κ3) is 6.09. The van der Waals surface area contributed by atoms with E-state index in [1.54, 1.807) is 0 Å². The molecule has 0 bridgehead atoms. The van der Waals surface area contributed by atoms with E-state index in [1.165, 1.54) is 75.8 Å². The average Bonchev–Trinajstić information content (AvgIpc) is 3.85. The molecule has 0 N–H and O–H groups in total. The Labute approximate surface area is 391 Å². The first-order chi connectivity index (χ1) is 32.4. The van der Waals surface area contributed by atoms with Crippen molar-refractivity contribution in [3.63, 3.8) is 0 Å². The SMILES string of the molecule is CC(C)(C)c1ccc(N(c2ccc(C(C)(C)C)cc2)c2ccc3c4c(-c5ccc(C#N)cc5)c5c(cc6c7ccccc7c7cccc5c76)c(-c5ccc(C#N)cc5)c4c4cccc2c43)cc1. The highest BCUT2D eigenvalue weighted by Crippen LogP contribution is 2.56. The lowest BCUT2D eigenvalue weighted by atomic mass is 9.83. The molecule has 0 spiro atoms. The first-order valence-corrected chi connectivity index (χ1v) is 23.2. The van der Waals surface area contributed by atoms with Crippen molar-refractivity contribution in [2.24, 2.45) is 0 Å². The van der Waals surface area contributed by atoms with Crippen molar-refractivity contribution in [3.05, 3.63) is 198 Å². The quantitative estimate of drug-likeness (QED) is 0.162. The zero-order valence-corrected chi connectivity index (χ0v) is 38.6. The van der Waals surface area contributed by atoms with Crippen LogP contribution in [0.1, 0.15) is 63.8 Å². The Morgan fingerprint density at radius 3 is 1.31 bits per heavy atom. The molecule has 0 aromatic heterocycles. The van der Waals surface area contributed by atoms with Gasteiger partial charge in [-0.1, -0.05) is 157 Å². The fourth-order valence-corrected chi connectivity index (χ4v) is 11.1. The highest BCUT2D eigenvalue weighted by atomic mass is 15.1. The smallest absolute Gasteiger partial charge is 0.0991 e. The van der Waals surface area contributed by atoms with Crippen LogP contribution in [0.25, 0.3) is 97.7 Å². The van der Waals surface area contributed by atoms with Crippen molar-refractivity contribution in [3.8, 4) is 34.4 Å². The number of hydrogen-bond acceptors (Lipinski definition) is 3. The summed E-state index contributed by atoms with van der Waals surface area (Å²) in [6, 6.07) is 68.7. The fraction of sp³-hybridized carbons (Fsp3) is 0.125. The lowest BCUT2D eigenvalue weighted by Crippen LogP contribution is -2.14. The van der Waals surface area contributed by atoms with E-state index < -0.39 is 0 Å². The second-order valence-corrected chi connectivity index (χ2v) is 20.3. The van der Waals surface area contributed by atoms with Crippen molar-refractivity contribution in [2.75, 3.05) is 4.90 Å². The molecule has 318 valence electrons. The Kier molecular flexibility index (Phi) is 8.80. The number of rotatable bonds is 5. The van der Waals surface area contributed by atoms with Gasteiger partial charge in [0, 0.05) is 16.8 Å². The number of nitrogens with zero attached hydrogens (tertiary/aromatic N) is 3. The van der Waals surface area contributed by atoms with Crippen LogP contribution in [0.2, 0.25) is 0 Å². The molecule has 3 heteroatoms. The summed E-state index contributed by atoms with van der Waals surface area (Å²) in [7, 11) is 0. The van der Waals surface area contributed by atoms with E-state index in [2.05, 4.69) is 210 Å². The zero-order chi connectivity index (χ0) is 45.9. The Balaban J connectivity index is 1.26. The second-order valence-electron chi connectivity index (χ2n) is 20.3. The van der Waals surface area contributed by atoms with Crippen molar-refractivity contribution >= 4 is 92.5 Å². The van der Waals surface area contributed by atoms with Crippen molar-refractivity contribution in [1.29, 1.82) is 10.5 Å². The maximum Gasteiger partial charge on any atom is 0.0991 e. The minimum absolute atomic E-state index is 0.0178. The van der Waals surface area contributed by atoms with Crippen LogP contribution in [-0.2, 0) is 10.8 Å². The van der Waals surface area contributed by atoms with E-state index in [1.807, 2.05) is 24.3 Å². The lowest BCUT2D eigenvalue weighted by molar-refractivity contribution is 0.590. The van der Waals surface area contributed by atoms with Gasteiger partial charge in [-0.3, -0.25) is 0 Å². The highest BCUT2D eigenvalue weighted by Gasteiger charge is 2.28. The van der Waals surface area contributed by atoms with Gasteiger partial charge in [0.15, 0.2) is 0 Å². The number of benzene rings is 10. The van der Waals surface area contributed by atoms with Gasteiger partial charge in [0.1, 0.15) is 0 Å². The molecule has 67 heavy (non-hydrogen) atoms.